The lowest BCUT2D eigenvalue weighted by atomic mass is 10.3. The van der Waals surface area contributed by atoms with Gasteiger partial charge in [-0.2, -0.15) is 0 Å². The highest BCUT2D eigenvalue weighted by atomic mass is 16.3. The standard InChI is InChI=1S/C6H7NO.C3H8O2/c7-5-3-1-2-4-6(5)8;1-3(5)2-4/h1-4,8H,7H2;3-5H,2H2,1H3. The summed E-state index contributed by atoms with van der Waals surface area (Å²) >= 11 is 0. The number of anilines is 1. The molecule has 0 saturated heterocycles. The maximum absolute atomic E-state index is 8.79. The molecule has 0 amide bonds. The van der Waals surface area contributed by atoms with Crippen molar-refractivity contribution < 1.29 is 15.3 Å². The van der Waals surface area contributed by atoms with Crippen LogP contribution in [0.4, 0.5) is 5.69 Å². The highest BCUT2D eigenvalue weighted by molar-refractivity contribution is 5.50. The Kier molecular flexibility index (Phi) is 5.67. The molecular weight excluding hydrogens is 170 g/mol. The fourth-order valence-electron chi connectivity index (χ4n) is 0.488. The summed E-state index contributed by atoms with van der Waals surface area (Å²) in [5.41, 5.74) is 5.69. The van der Waals surface area contributed by atoms with E-state index >= 15 is 0 Å². The van der Waals surface area contributed by atoms with Crippen molar-refractivity contribution >= 4 is 5.69 Å². The first-order valence-electron chi connectivity index (χ1n) is 3.90. The number of nitrogen functional groups attached to an aromatic ring is 1. The Hall–Kier alpha value is -1.26. The number of aliphatic hydroxyl groups is 2. The zero-order valence-corrected chi connectivity index (χ0v) is 7.51. The molecule has 1 rings (SSSR count). The van der Waals surface area contributed by atoms with Crippen LogP contribution in [0.25, 0.3) is 0 Å². The normalized spacial score (nSPS) is 11.3. The van der Waals surface area contributed by atoms with Crippen molar-refractivity contribution in [3.05, 3.63) is 24.3 Å². The van der Waals surface area contributed by atoms with Crippen LogP contribution in [-0.4, -0.2) is 28.0 Å². The molecule has 0 fully saturated rings. The van der Waals surface area contributed by atoms with Gasteiger partial charge in [0.1, 0.15) is 5.75 Å². The van der Waals surface area contributed by atoms with Gasteiger partial charge in [0.25, 0.3) is 0 Å². The van der Waals surface area contributed by atoms with Gasteiger partial charge in [0.2, 0.25) is 0 Å². The van der Waals surface area contributed by atoms with Gasteiger partial charge in [0, 0.05) is 0 Å². The van der Waals surface area contributed by atoms with Gasteiger partial charge in [-0.3, -0.25) is 0 Å². The zero-order chi connectivity index (χ0) is 10.3. The Bertz CT molecular complexity index is 217. The van der Waals surface area contributed by atoms with Crippen molar-refractivity contribution in [1.29, 1.82) is 0 Å². The van der Waals surface area contributed by atoms with E-state index in [1.807, 2.05) is 0 Å². The van der Waals surface area contributed by atoms with E-state index in [0.717, 1.165) is 0 Å². The highest BCUT2D eigenvalue weighted by Crippen LogP contribution is 2.16. The predicted molar refractivity (Wildman–Crippen MR) is 51.3 cm³/mol. The zero-order valence-electron chi connectivity index (χ0n) is 7.51. The van der Waals surface area contributed by atoms with Crippen LogP contribution in [0.5, 0.6) is 5.75 Å². The first-order chi connectivity index (χ1) is 6.07. The Balaban J connectivity index is 0.000000252. The average Bonchev–Trinajstić information content (AvgIpc) is 2.11. The van der Waals surface area contributed by atoms with Crippen molar-refractivity contribution in [2.45, 2.75) is 13.0 Å². The minimum absolute atomic E-state index is 0.139. The molecule has 1 unspecified atom stereocenters. The number of para-hydroxylation sites is 2. The van der Waals surface area contributed by atoms with Crippen molar-refractivity contribution in [3.8, 4) is 5.75 Å². The van der Waals surface area contributed by atoms with E-state index in [4.69, 9.17) is 21.1 Å². The number of benzene rings is 1. The maximum atomic E-state index is 8.79. The van der Waals surface area contributed by atoms with Crippen LogP contribution in [0, 0.1) is 0 Å². The molecule has 74 valence electrons. The fourth-order valence-corrected chi connectivity index (χ4v) is 0.488. The largest absolute Gasteiger partial charge is 0.506 e. The first kappa shape index (κ1) is 11.7. The number of rotatable bonds is 1. The van der Waals surface area contributed by atoms with Crippen LogP contribution in [0.1, 0.15) is 6.92 Å². The van der Waals surface area contributed by atoms with E-state index in [1.165, 1.54) is 6.92 Å². The molecule has 0 aliphatic heterocycles. The molecule has 0 aromatic heterocycles. The number of phenolic OH excluding ortho intramolecular Hbond substituents is 1. The lowest BCUT2D eigenvalue weighted by molar-refractivity contribution is 0.110. The van der Waals surface area contributed by atoms with Crippen molar-refractivity contribution in [1.82, 2.24) is 0 Å². The minimum atomic E-state index is -0.560. The van der Waals surface area contributed by atoms with Gasteiger partial charge >= 0.3 is 0 Å². The fraction of sp³-hybridized carbons (Fsp3) is 0.333. The molecule has 0 aliphatic rings. The predicted octanol–water partition coefficient (Wildman–Crippen LogP) is 0.334. The molecule has 5 N–H and O–H groups in total. The van der Waals surface area contributed by atoms with Crippen LogP contribution >= 0.6 is 0 Å². The molecule has 0 aliphatic carbocycles. The van der Waals surface area contributed by atoms with Gasteiger partial charge in [-0.15, -0.1) is 0 Å². The first-order valence-corrected chi connectivity index (χ1v) is 3.90. The van der Waals surface area contributed by atoms with Gasteiger partial charge in [-0.1, -0.05) is 12.1 Å². The summed E-state index contributed by atoms with van der Waals surface area (Å²) in [6.45, 7) is 1.39. The Morgan fingerprint density at radius 2 is 1.85 bits per heavy atom. The third-order valence-electron chi connectivity index (χ3n) is 1.20. The van der Waals surface area contributed by atoms with Crippen LogP contribution < -0.4 is 5.73 Å². The van der Waals surface area contributed by atoms with Crippen LogP contribution in [0.2, 0.25) is 0 Å². The Morgan fingerprint density at radius 1 is 1.38 bits per heavy atom. The van der Waals surface area contributed by atoms with Gasteiger partial charge in [0.05, 0.1) is 18.4 Å². The molecule has 0 saturated carbocycles. The summed E-state index contributed by atoms with van der Waals surface area (Å²) in [4.78, 5) is 0. The number of phenols is 1. The topological polar surface area (TPSA) is 86.7 Å². The Labute approximate surface area is 77.3 Å². The molecule has 0 bridgehead atoms. The molecular formula is C9H15NO3. The summed E-state index contributed by atoms with van der Waals surface area (Å²) in [5.74, 6) is 0.146. The van der Waals surface area contributed by atoms with E-state index in [1.54, 1.807) is 24.3 Å². The quantitative estimate of drug-likeness (QED) is 0.375. The van der Waals surface area contributed by atoms with Crippen LogP contribution in [0.3, 0.4) is 0 Å². The molecule has 0 spiro atoms. The summed E-state index contributed by atoms with van der Waals surface area (Å²) < 4.78 is 0. The molecule has 4 nitrogen and oxygen atoms in total. The number of hydrogen-bond acceptors (Lipinski definition) is 4. The number of nitrogens with two attached hydrogens (primary N) is 1. The second-order valence-corrected chi connectivity index (χ2v) is 2.59. The SMILES string of the molecule is CC(O)CO.Nc1ccccc1O. The van der Waals surface area contributed by atoms with E-state index in [0.29, 0.717) is 5.69 Å². The Morgan fingerprint density at radius 3 is 2.08 bits per heavy atom. The molecule has 13 heavy (non-hydrogen) atoms. The smallest absolute Gasteiger partial charge is 0.138 e. The lowest BCUT2D eigenvalue weighted by Crippen LogP contribution is -2.03. The summed E-state index contributed by atoms with van der Waals surface area (Å²) in [5, 5.41) is 24.8. The van der Waals surface area contributed by atoms with Gasteiger partial charge in [-0.05, 0) is 19.1 Å². The molecule has 0 radical (unpaired) electrons. The van der Waals surface area contributed by atoms with Crippen molar-refractivity contribution in [2.24, 2.45) is 0 Å². The minimum Gasteiger partial charge on any atom is -0.506 e. The van der Waals surface area contributed by atoms with Gasteiger partial charge in [0.15, 0.2) is 0 Å². The van der Waals surface area contributed by atoms with Crippen LogP contribution in [0.15, 0.2) is 24.3 Å². The second kappa shape index (κ2) is 6.28. The number of aromatic hydroxyl groups is 1. The molecule has 0 heterocycles. The highest BCUT2D eigenvalue weighted by Gasteiger charge is 1.87. The number of hydrogen-bond donors (Lipinski definition) is 4. The maximum Gasteiger partial charge on any atom is 0.138 e. The van der Waals surface area contributed by atoms with Crippen molar-refractivity contribution in [2.75, 3.05) is 12.3 Å². The van der Waals surface area contributed by atoms with Gasteiger partial charge in [-0.25, -0.2) is 0 Å². The third-order valence-corrected chi connectivity index (χ3v) is 1.20. The third kappa shape index (κ3) is 5.95. The van der Waals surface area contributed by atoms with E-state index in [-0.39, 0.29) is 12.4 Å². The number of aliphatic hydroxyl groups excluding tert-OH is 2. The van der Waals surface area contributed by atoms with Gasteiger partial charge < -0.3 is 21.1 Å². The summed E-state index contributed by atoms with van der Waals surface area (Å²) in [6.07, 6.45) is -0.560. The molecule has 1 aromatic rings. The second-order valence-electron chi connectivity index (χ2n) is 2.59. The average molecular weight is 185 g/mol. The van der Waals surface area contributed by atoms with E-state index in [9.17, 15) is 0 Å². The lowest BCUT2D eigenvalue weighted by Gasteiger charge is -1.92. The summed E-state index contributed by atoms with van der Waals surface area (Å²) in [6, 6.07) is 6.70. The summed E-state index contributed by atoms with van der Waals surface area (Å²) in [7, 11) is 0. The van der Waals surface area contributed by atoms with E-state index < -0.39 is 6.10 Å². The molecule has 4 heteroatoms. The van der Waals surface area contributed by atoms with Crippen LogP contribution in [-0.2, 0) is 0 Å². The molecule has 1 atom stereocenters. The molecule has 1 aromatic carbocycles. The van der Waals surface area contributed by atoms with E-state index in [2.05, 4.69) is 0 Å². The van der Waals surface area contributed by atoms with Crippen molar-refractivity contribution in [3.63, 3.8) is 0 Å². The monoisotopic (exact) mass is 185 g/mol.